The van der Waals surface area contributed by atoms with Crippen LogP contribution in [0.5, 0.6) is 0 Å². The summed E-state index contributed by atoms with van der Waals surface area (Å²) in [5.74, 6) is -1.33. The van der Waals surface area contributed by atoms with Crippen LogP contribution in [-0.4, -0.2) is 55.2 Å². The number of nitrogens with zero attached hydrogens (tertiary/aromatic N) is 1. The van der Waals surface area contributed by atoms with Crippen molar-refractivity contribution < 1.29 is 23.1 Å². The highest BCUT2D eigenvalue weighted by molar-refractivity contribution is 7.90. The number of carboxylic acids is 1. The Morgan fingerprint density at radius 1 is 1.38 bits per heavy atom. The summed E-state index contributed by atoms with van der Waals surface area (Å²) in [6.45, 7) is 0.399. The number of hydrogen-bond acceptors (Lipinski definition) is 4. The van der Waals surface area contributed by atoms with Crippen LogP contribution in [0.15, 0.2) is 24.3 Å². The molecule has 0 aromatic heterocycles. The van der Waals surface area contributed by atoms with E-state index in [-0.39, 0.29) is 25.4 Å². The number of piperidine rings is 1. The Labute approximate surface area is 145 Å². The Kier molecular flexibility index (Phi) is 6.20. The summed E-state index contributed by atoms with van der Waals surface area (Å²) in [5, 5.41) is 8.28. The van der Waals surface area contributed by atoms with E-state index in [0.29, 0.717) is 30.0 Å². The number of nitrogens with one attached hydrogen (secondary N) is 1. The van der Waals surface area contributed by atoms with Gasteiger partial charge in [0.15, 0.2) is 0 Å². The second-order valence-electron chi connectivity index (χ2n) is 5.61. The van der Waals surface area contributed by atoms with E-state index in [4.69, 9.17) is 16.7 Å². The summed E-state index contributed by atoms with van der Waals surface area (Å²) in [5.41, 5.74) is 0.416. The van der Waals surface area contributed by atoms with E-state index >= 15 is 0 Å². The van der Waals surface area contributed by atoms with Gasteiger partial charge in [0.2, 0.25) is 10.0 Å². The largest absolute Gasteiger partial charge is 0.481 e. The molecule has 0 spiro atoms. The first kappa shape index (κ1) is 18.7. The topological polar surface area (TPSA) is 104 Å². The third kappa shape index (κ3) is 4.93. The van der Waals surface area contributed by atoms with Crippen LogP contribution in [0.3, 0.4) is 0 Å². The maximum absolute atomic E-state index is 12.5. The highest BCUT2D eigenvalue weighted by Gasteiger charge is 2.32. The number of carbonyl (C=O) groups excluding carboxylic acids is 1. The fraction of sp³-hybridized carbons (Fsp3) is 0.467. The van der Waals surface area contributed by atoms with Gasteiger partial charge in [-0.15, -0.1) is 0 Å². The van der Waals surface area contributed by atoms with Gasteiger partial charge in [-0.05, 0) is 31.0 Å². The minimum atomic E-state index is -3.67. The minimum Gasteiger partial charge on any atom is -0.481 e. The average Bonchev–Trinajstić information content (AvgIpc) is 2.54. The number of amides is 1. The Morgan fingerprint density at radius 2 is 2.12 bits per heavy atom. The van der Waals surface area contributed by atoms with Crippen molar-refractivity contribution in [2.45, 2.75) is 24.5 Å². The zero-order chi connectivity index (χ0) is 17.7. The number of carboxylic acid groups (broad SMARTS) is 1. The van der Waals surface area contributed by atoms with E-state index in [1.165, 1.54) is 4.90 Å². The third-order valence-corrected chi connectivity index (χ3v) is 5.92. The van der Waals surface area contributed by atoms with Gasteiger partial charge in [-0.3, -0.25) is 9.59 Å². The van der Waals surface area contributed by atoms with Crippen LogP contribution in [0.1, 0.15) is 29.6 Å². The van der Waals surface area contributed by atoms with E-state index < -0.39 is 21.2 Å². The lowest BCUT2D eigenvalue weighted by molar-refractivity contribution is -0.136. The maximum atomic E-state index is 12.5. The van der Waals surface area contributed by atoms with Gasteiger partial charge in [0.05, 0.1) is 11.7 Å². The molecule has 7 nitrogen and oxygen atoms in total. The van der Waals surface area contributed by atoms with Crippen molar-refractivity contribution in [3.8, 4) is 0 Å². The highest BCUT2D eigenvalue weighted by Crippen LogP contribution is 2.20. The predicted octanol–water partition coefficient (Wildman–Crippen LogP) is 1.34. The monoisotopic (exact) mass is 374 g/mol. The molecule has 2 N–H and O–H groups in total. The van der Waals surface area contributed by atoms with Crippen molar-refractivity contribution in [1.29, 1.82) is 0 Å². The smallest absolute Gasteiger partial charge is 0.304 e. The molecule has 1 fully saturated rings. The molecular weight excluding hydrogens is 356 g/mol. The van der Waals surface area contributed by atoms with Crippen LogP contribution in [0.4, 0.5) is 0 Å². The first-order chi connectivity index (χ1) is 11.3. The molecule has 1 aromatic carbocycles. The first-order valence-electron chi connectivity index (χ1n) is 7.55. The van der Waals surface area contributed by atoms with Crippen molar-refractivity contribution in [3.05, 3.63) is 34.9 Å². The molecule has 1 aromatic rings. The standard InChI is InChI=1S/C15H19ClN2O5S/c16-12-4-1-3-11(9-12)15(21)18-8-2-5-13(10-18)24(22,23)17-7-6-14(19)20/h1,3-4,9,13,17H,2,5-8,10H2,(H,19,20). The SMILES string of the molecule is O=C(O)CCNS(=O)(=O)C1CCCN(C(=O)c2cccc(Cl)c2)C1. The van der Waals surface area contributed by atoms with Gasteiger partial charge >= 0.3 is 5.97 Å². The lowest BCUT2D eigenvalue weighted by atomic mass is 10.1. The molecule has 1 amide bonds. The second-order valence-corrected chi connectivity index (χ2v) is 8.09. The van der Waals surface area contributed by atoms with Gasteiger partial charge < -0.3 is 10.0 Å². The van der Waals surface area contributed by atoms with Crippen molar-refractivity contribution in [2.24, 2.45) is 0 Å². The zero-order valence-corrected chi connectivity index (χ0v) is 14.5. The predicted molar refractivity (Wildman–Crippen MR) is 89.6 cm³/mol. The molecule has 1 saturated heterocycles. The lowest BCUT2D eigenvalue weighted by Gasteiger charge is -2.32. The van der Waals surface area contributed by atoms with Gasteiger partial charge in [0, 0.05) is 30.2 Å². The molecule has 1 unspecified atom stereocenters. The summed E-state index contributed by atoms with van der Waals surface area (Å²) < 4.78 is 26.8. The van der Waals surface area contributed by atoms with Gasteiger partial charge in [-0.25, -0.2) is 13.1 Å². The molecule has 1 heterocycles. The van der Waals surface area contributed by atoms with Crippen molar-refractivity contribution in [2.75, 3.05) is 19.6 Å². The number of carbonyl (C=O) groups is 2. The van der Waals surface area contributed by atoms with E-state index in [1.807, 2.05) is 0 Å². The third-order valence-electron chi connectivity index (χ3n) is 3.82. The number of likely N-dealkylation sites (tertiary alicyclic amines) is 1. The van der Waals surface area contributed by atoms with Crippen LogP contribution in [0, 0.1) is 0 Å². The van der Waals surface area contributed by atoms with E-state index in [0.717, 1.165) is 0 Å². The molecule has 1 atom stereocenters. The van der Waals surface area contributed by atoms with E-state index in [1.54, 1.807) is 24.3 Å². The average molecular weight is 375 g/mol. The van der Waals surface area contributed by atoms with Crippen LogP contribution in [-0.2, 0) is 14.8 Å². The van der Waals surface area contributed by atoms with E-state index in [9.17, 15) is 18.0 Å². The Morgan fingerprint density at radius 3 is 2.79 bits per heavy atom. The zero-order valence-electron chi connectivity index (χ0n) is 12.9. The van der Waals surface area contributed by atoms with Gasteiger partial charge in [-0.2, -0.15) is 0 Å². The molecule has 132 valence electrons. The van der Waals surface area contributed by atoms with Gasteiger partial charge in [-0.1, -0.05) is 17.7 Å². The number of halogens is 1. The summed E-state index contributed by atoms with van der Waals surface area (Å²) in [6, 6.07) is 6.51. The molecule has 0 bridgehead atoms. The van der Waals surface area contributed by atoms with Gasteiger partial charge in [0.1, 0.15) is 0 Å². The van der Waals surface area contributed by atoms with Crippen LogP contribution < -0.4 is 4.72 Å². The number of aliphatic carboxylic acids is 1. The summed E-state index contributed by atoms with van der Waals surface area (Å²) in [7, 11) is -3.67. The number of hydrogen-bond donors (Lipinski definition) is 2. The van der Waals surface area contributed by atoms with Crippen LogP contribution in [0.25, 0.3) is 0 Å². The van der Waals surface area contributed by atoms with Crippen molar-refractivity contribution in [1.82, 2.24) is 9.62 Å². The van der Waals surface area contributed by atoms with Crippen LogP contribution >= 0.6 is 11.6 Å². The normalized spacial score (nSPS) is 18.4. The summed E-state index contributed by atoms with van der Waals surface area (Å²) in [4.78, 5) is 24.5. The fourth-order valence-electron chi connectivity index (χ4n) is 2.60. The molecule has 9 heteroatoms. The quantitative estimate of drug-likeness (QED) is 0.781. The molecule has 2 rings (SSSR count). The molecule has 0 radical (unpaired) electrons. The number of benzene rings is 1. The summed E-state index contributed by atoms with van der Waals surface area (Å²) in [6.07, 6.45) is 0.718. The fourth-order valence-corrected chi connectivity index (χ4v) is 4.26. The second kappa shape index (κ2) is 7.96. The van der Waals surface area contributed by atoms with Crippen molar-refractivity contribution >= 4 is 33.5 Å². The lowest BCUT2D eigenvalue weighted by Crippen LogP contribution is -2.48. The Balaban J connectivity index is 2.03. The molecule has 24 heavy (non-hydrogen) atoms. The molecular formula is C15H19ClN2O5S. The van der Waals surface area contributed by atoms with Crippen LogP contribution in [0.2, 0.25) is 5.02 Å². The highest BCUT2D eigenvalue weighted by atomic mass is 35.5. The maximum Gasteiger partial charge on any atom is 0.304 e. The Bertz CT molecular complexity index is 722. The molecule has 0 aliphatic carbocycles. The van der Waals surface area contributed by atoms with Crippen molar-refractivity contribution in [3.63, 3.8) is 0 Å². The first-order valence-corrected chi connectivity index (χ1v) is 9.47. The van der Waals surface area contributed by atoms with Gasteiger partial charge in [0.25, 0.3) is 5.91 Å². The minimum absolute atomic E-state index is 0.0771. The van der Waals surface area contributed by atoms with E-state index in [2.05, 4.69) is 4.72 Å². The molecule has 1 aliphatic rings. The molecule has 1 aliphatic heterocycles. The number of rotatable bonds is 6. The number of sulfonamides is 1. The molecule has 0 saturated carbocycles. The summed E-state index contributed by atoms with van der Waals surface area (Å²) >= 11 is 5.89. The Hall–Kier alpha value is -1.64.